The lowest BCUT2D eigenvalue weighted by atomic mass is 10.3. The predicted octanol–water partition coefficient (Wildman–Crippen LogP) is 1.14. The zero-order valence-electron chi connectivity index (χ0n) is 11.7. The van der Waals surface area contributed by atoms with Gasteiger partial charge in [0.1, 0.15) is 18.0 Å². The third-order valence-corrected chi connectivity index (χ3v) is 2.24. The molecule has 0 unspecified atom stereocenters. The van der Waals surface area contributed by atoms with E-state index in [1.165, 1.54) is 0 Å². The average molecular weight is 281 g/mol. The number of carbonyl (C=O) groups is 2. The Balaban J connectivity index is 2.28. The first kappa shape index (κ1) is 15.8. The standard InChI is InChI=1S/C14H19NO5/c1-3-18-11-5-7-12(8-6-11)20-10-13(16)15-9-14(17)19-4-2/h5-8H,3-4,9-10H2,1-2H3,(H,15,16). The minimum absolute atomic E-state index is 0.153. The molecule has 0 radical (unpaired) electrons. The zero-order chi connectivity index (χ0) is 14.8. The number of amides is 1. The molecule has 0 atom stereocenters. The molecule has 1 aromatic rings. The first-order chi connectivity index (χ1) is 9.65. The number of ether oxygens (including phenoxy) is 3. The topological polar surface area (TPSA) is 73.9 Å². The van der Waals surface area contributed by atoms with E-state index in [4.69, 9.17) is 9.47 Å². The van der Waals surface area contributed by atoms with Crippen LogP contribution < -0.4 is 14.8 Å². The molecule has 1 N–H and O–H groups in total. The molecule has 110 valence electrons. The van der Waals surface area contributed by atoms with Crippen LogP contribution in [-0.2, 0) is 14.3 Å². The molecule has 0 aromatic heterocycles. The third-order valence-electron chi connectivity index (χ3n) is 2.24. The van der Waals surface area contributed by atoms with Gasteiger partial charge in [-0.05, 0) is 38.1 Å². The minimum Gasteiger partial charge on any atom is -0.494 e. The van der Waals surface area contributed by atoms with E-state index >= 15 is 0 Å². The van der Waals surface area contributed by atoms with Crippen LogP contribution in [0.5, 0.6) is 11.5 Å². The predicted molar refractivity (Wildman–Crippen MR) is 72.7 cm³/mol. The highest BCUT2D eigenvalue weighted by molar-refractivity contribution is 5.82. The van der Waals surface area contributed by atoms with Crippen LogP contribution in [0.3, 0.4) is 0 Å². The van der Waals surface area contributed by atoms with Gasteiger partial charge in [-0.25, -0.2) is 0 Å². The van der Waals surface area contributed by atoms with Crippen LogP contribution in [0.4, 0.5) is 0 Å². The molecule has 0 aliphatic carbocycles. The summed E-state index contributed by atoms with van der Waals surface area (Å²) in [6.45, 7) is 4.17. The Bertz CT molecular complexity index is 430. The highest BCUT2D eigenvalue weighted by Crippen LogP contribution is 2.17. The molecule has 1 rings (SSSR count). The number of esters is 1. The second-order valence-electron chi connectivity index (χ2n) is 3.77. The van der Waals surface area contributed by atoms with Crippen LogP contribution in [-0.4, -0.2) is 38.2 Å². The highest BCUT2D eigenvalue weighted by atomic mass is 16.5. The number of carbonyl (C=O) groups excluding carboxylic acids is 2. The Kier molecular flexibility index (Phi) is 6.95. The number of hydrogen-bond acceptors (Lipinski definition) is 5. The maximum absolute atomic E-state index is 11.4. The molecular formula is C14H19NO5. The molecule has 0 heterocycles. The van der Waals surface area contributed by atoms with Crippen molar-refractivity contribution in [3.05, 3.63) is 24.3 Å². The van der Waals surface area contributed by atoms with Gasteiger partial charge < -0.3 is 19.5 Å². The molecule has 0 fully saturated rings. The minimum atomic E-state index is -0.470. The molecule has 20 heavy (non-hydrogen) atoms. The lowest BCUT2D eigenvalue weighted by molar-refractivity contribution is -0.143. The molecule has 0 saturated heterocycles. The van der Waals surface area contributed by atoms with Crippen LogP contribution in [0.25, 0.3) is 0 Å². The smallest absolute Gasteiger partial charge is 0.325 e. The number of benzene rings is 1. The fraction of sp³-hybridized carbons (Fsp3) is 0.429. The van der Waals surface area contributed by atoms with Gasteiger partial charge in [-0.15, -0.1) is 0 Å². The van der Waals surface area contributed by atoms with Crippen molar-refractivity contribution < 1.29 is 23.8 Å². The molecule has 6 heteroatoms. The van der Waals surface area contributed by atoms with Crippen molar-refractivity contribution in [2.45, 2.75) is 13.8 Å². The number of hydrogen-bond donors (Lipinski definition) is 1. The van der Waals surface area contributed by atoms with Crippen LogP contribution in [0, 0.1) is 0 Å². The summed E-state index contributed by atoms with van der Waals surface area (Å²) in [5, 5.41) is 2.41. The van der Waals surface area contributed by atoms with Crippen molar-refractivity contribution >= 4 is 11.9 Å². The first-order valence-electron chi connectivity index (χ1n) is 6.43. The third kappa shape index (κ3) is 6.08. The van der Waals surface area contributed by atoms with Gasteiger partial charge in [0.15, 0.2) is 6.61 Å². The molecule has 0 bridgehead atoms. The molecule has 6 nitrogen and oxygen atoms in total. The van der Waals surface area contributed by atoms with Crippen molar-refractivity contribution in [1.82, 2.24) is 5.32 Å². The van der Waals surface area contributed by atoms with Gasteiger partial charge in [-0.1, -0.05) is 0 Å². The summed E-state index contributed by atoms with van der Waals surface area (Å²) in [4.78, 5) is 22.5. The van der Waals surface area contributed by atoms with Crippen molar-refractivity contribution in [2.75, 3.05) is 26.4 Å². The van der Waals surface area contributed by atoms with E-state index in [2.05, 4.69) is 10.1 Å². The van der Waals surface area contributed by atoms with Gasteiger partial charge in [0.05, 0.1) is 13.2 Å². The van der Waals surface area contributed by atoms with Crippen molar-refractivity contribution in [3.63, 3.8) is 0 Å². The van der Waals surface area contributed by atoms with Crippen molar-refractivity contribution in [1.29, 1.82) is 0 Å². The Hall–Kier alpha value is -2.24. The summed E-state index contributed by atoms with van der Waals surface area (Å²) in [5.74, 6) is 0.445. The lowest BCUT2D eigenvalue weighted by Crippen LogP contribution is -2.34. The molecule has 0 aliphatic heterocycles. The molecule has 1 aromatic carbocycles. The van der Waals surface area contributed by atoms with Crippen LogP contribution in [0.15, 0.2) is 24.3 Å². The summed E-state index contributed by atoms with van der Waals surface area (Å²) in [7, 11) is 0. The Morgan fingerprint density at radius 3 is 2.15 bits per heavy atom. The molecule has 0 aliphatic rings. The van der Waals surface area contributed by atoms with E-state index in [1.807, 2.05) is 6.92 Å². The van der Waals surface area contributed by atoms with Gasteiger partial charge in [0.2, 0.25) is 0 Å². The van der Waals surface area contributed by atoms with E-state index < -0.39 is 5.97 Å². The van der Waals surface area contributed by atoms with Gasteiger partial charge in [0.25, 0.3) is 5.91 Å². The monoisotopic (exact) mass is 281 g/mol. The summed E-state index contributed by atoms with van der Waals surface area (Å²) in [5.41, 5.74) is 0. The fourth-order valence-electron chi connectivity index (χ4n) is 1.38. The van der Waals surface area contributed by atoms with Crippen molar-refractivity contribution in [3.8, 4) is 11.5 Å². The average Bonchev–Trinajstić information content (AvgIpc) is 2.45. The van der Waals surface area contributed by atoms with Gasteiger partial charge in [-0.2, -0.15) is 0 Å². The first-order valence-corrected chi connectivity index (χ1v) is 6.43. The maximum atomic E-state index is 11.4. The molecule has 1 amide bonds. The van der Waals surface area contributed by atoms with E-state index in [9.17, 15) is 9.59 Å². The van der Waals surface area contributed by atoms with Crippen molar-refractivity contribution in [2.24, 2.45) is 0 Å². The highest BCUT2D eigenvalue weighted by Gasteiger charge is 2.06. The van der Waals surface area contributed by atoms with Gasteiger partial charge >= 0.3 is 5.97 Å². The van der Waals surface area contributed by atoms with Crippen LogP contribution in [0.2, 0.25) is 0 Å². The molecule has 0 saturated carbocycles. The summed E-state index contributed by atoms with van der Waals surface area (Å²) in [6, 6.07) is 6.94. The SMILES string of the molecule is CCOC(=O)CNC(=O)COc1ccc(OCC)cc1. The Labute approximate surface area is 118 Å². The van der Waals surface area contributed by atoms with Gasteiger partial charge in [0, 0.05) is 0 Å². The molecule has 0 spiro atoms. The Morgan fingerprint density at radius 1 is 1.00 bits per heavy atom. The number of nitrogens with one attached hydrogen (secondary N) is 1. The second kappa shape index (κ2) is 8.79. The molecular weight excluding hydrogens is 262 g/mol. The van der Waals surface area contributed by atoms with Crippen LogP contribution >= 0.6 is 0 Å². The lowest BCUT2D eigenvalue weighted by Gasteiger charge is -2.08. The Morgan fingerprint density at radius 2 is 1.60 bits per heavy atom. The normalized spacial score (nSPS) is 9.70. The number of rotatable bonds is 8. The summed E-state index contributed by atoms with van der Waals surface area (Å²) >= 11 is 0. The summed E-state index contributed by atoms with van der Waals surface area (Å²) in [6.07, 6.45) is 0. The van der Waals surface area contributed by atoms with Crippen LogP contribution in [0.1, 0.15) is 13.8 Å². The van der Waals surface area contributed by atoms with Gasteiger partial charge in [-0.3, -0.25) is 9.59 Å². The second-order valence-corrected chi connectivity index (χ2v) is 3.77. The van der Waals surface area contributed by atoms with E-state index in [0.29, 0.717) is 12.4 Å². The van der Waals surface area contributed by atoms with E-state index in [-0.39, 0.29) is 25.7 Å². The van der Waals surface area contributed by atoms with E-state index in [0.717, 1.165) is 5.75 Å². The maximum Gasteiger partial charge on any atom is 0.325 e. The fourth-order valence-corrected chi connectivity index (χ4v) is 1.38. The summed E-state index contributed by atoms with van der Waals surface area (Å²) < 4.78 is 15.2. The van der Waals surface area contributed by atoms with E-state index in [1.54, 1.807) is 31.2 Å². The largest absolute Gasteiger partial charge is 0.494 e. The zero-order valence-corrected chi connectivity index (χ0v) is 11.7. The quantitative estimate of drug-likeness (QED) is 0.723.